The van der Waals surface area contributed by atoms with Gasteiger partial charge in [0.15, 0.2) is 0 Å². The lowest BCUT2D eigenvalue weighted by molar-refractivity contribution is -0.123. The van der Waals surface area contributed by atoms with Gasteiger partial charge in [0, 0.05) is 14.1 Å². The maximum atomic E-state index is 11.9. The number of aromatic hydroxyl groups is 1. The number of nitrogens with zero attached hydrogens (tertiary/aromatic N) is 2. The zero-order chi connectivity index (χ0) is 15.9. The van der Waals surface area contributed by atoms with Crippen molar-refractivity contribution in [3.63, 3.8) is 0 Å². The van der Waals surface area contributed by atoms with Crippen LogP contribution >= 0.6 is 0 Å². The fourth-order valence-corrected chi connectivity index (χ4v) is 1.74. The molecule has 0 bridgehead atoms. The van der Waals surface area contributed by atoms with Gasteiger partial charge in [-0.3, -0.25) is 34.2 Å². The number of hydrogen-bond acceptors (Lipinski definition) is 6. The van der Waals surface area contributed by atoms with Gasteiger partial charge < -0.3 is 5.11 Å². The van der Waals surface area contributed by atoms with Gasteiger partial charge in [0.1, 0.15) is 11.1 Å². The molecule has 0 saturated carbocycles. The number of urea groups is 1. The van der Waals surface area contributed by atoms with Gasteiger partial charge in [-0.1, -0.05) is 0 Å². The van der Waals surface area contributed by atoms with Crippen molar-refractivity contribution in [2.75, 3.05) is 0 Å². The SMILES string of the molecule is Cn1c(O)c(C=C2C(=O)NC(=O)NC2=O)c(=O)n(C)c1=O. The van der Waals surface area contributed by atoms with Crippen molar-refractivity contribution in [3.8, 4) is 5.88 Å². The largest absolute Gasteiger partial charge is 0.494 e. The third-order valence-corrected chi connectivity index (χ3v) is 2.90. The molecular formula is C11H10N4O6. The predicted octanol–water partition coefficient (Wildman–Crippen LogP) is -2.46. The standard InChI is InChI=1S/C11H10N4O6/c1-14-8(18)5(9(19)15(2)11(14)21)3-4-6(16)12-10(20)13-7(4)17/h3,18H,1-2H3,(H2,12,13,16,17,20). The second kappa shape index (κ2) is 4.74. The molecule has 1 aliphatic rings. The van der Waals surface area contributed by atoms with Gasteiger partial charge in [0.25, 0.3) is 17.4 Å². The molecule has 3 N–H and O–H groups in total. The normalized spacial score (nSPS) is 14.8. The number of nitrogens with one attached hydrogen (secondary N) is 2. The predicted molar refractivity (Wildman–Crippen MR) is 68.2 cm³/mol. The van der Waals surface area contributed by atoms with Crippen LogP contribution in [0.4, 0.5) is 4.79 Å². The molecular weight excluding hydrogens is 284 g/mol. The second-order valence-corrected chi connectivity index (χ2v) is 4.24. The zero-order valence-corrected chi connectivity index (χ0v) is 11.0. The van der Waals surface area contributed by atoms with Crippen LogP contribution in [-0.4, -0.2) is 32.1 Å². The van der Waals surface area contributed by atoms with Crippen LogP contribution in [0.2, 0.25) is 0 Å². The first kappa shape index (κ1) is 14.2. The number of aromatic nitrogens is 2. The highest BCUT2D eigenvalue weighted by Gasteiger charge is 2.29. The van der Waals surface area contributed by atoms with E-state index in [-0.39, 0.29) is 0 Å². The van der Waals surface area contributed by atoms with Crippen LogP contribution in [0.3, 0.4) is 0 Å². The maximum absolute atomic E-state index is 11.9. The number of hydrogen-bond donors (Lipinski definition) is 3. The number of carbonyl (C=O) groups excluding carboxylic acids is 3. The molecule has 1 aromatic heterocycles. The van der Waals surface area contributed by atoms with Gasteiger partial charge in [-0.2, -0.15) is 0 Å². The minimum atomic E-state index is -1.01. The third-order valence-electron chi connectivity index (χ3n) is 2.90. The number of carbonyl (C=O) groups is 3. The van der Waals surface area contributed by atoms with Gasteiger partial charge in [0.05, 0.1) is 0 Å². The van der Waals surface area contributed by atoms with Crippen molar-refractivity contribution in [1.82, 2.24) is 19.8 Å². The molecule has 21 heavy (non-hydrogen) atoms. The maximum Gasteiger partial charge on any atom is 0.333 e. The summed E-state index contributed by atoms with van der Waals surface area (Å²) in [5.41, 5.74) is -2.62. The zero-order valence-electron chi connectivity index (χ0n) is 11.0. The van der Waals surface area contributed by atoms with Crippen LogP contribution in [0.1, 0.15) is 5.56 Å². The van der Waals surface area contributed by atoms with E-state index in [1.54, 1.807) is 0 Å². The van der Waals surface area contributed by atoms with Crippen LogP contribution in [0, 0.1) is 0 Å². The van der Waals surface area contributed by atoms with Crippen molar-refractivity contribution >= 4 is 23.9 Å². The topological polar surface area (TPSA) is 140 Å². The van der Waals surface area contributed by atoms with E-state index in [4.69, 9.17) is 0 Å². The van der Waals surface area contributed by atoms with Gasteiger partial charge in [-0.05, 0) is 6.08 Å². The number of amides is 4. The summed E-state index contributed by atoms with van der Waals surface area (Å²) < 4.78 is 1.48. The smallest absolute Gasteiger partial charge is 0.333 e. The lowest BCUT2D eigenvalue weighted by atomic mass is 10.1. The second-order valence-electron chi connectivity index (χ2n) is 4.24. The van der Waals surface area contributed by atoms with Crippen molar-refractivity contribution in [3.05, 3.63) is 32.0 Å². The first-order chi connectivity index (χ1) is 9.73. The average Bonchev–Trinajstić information content (AvgIpc) is 2.41. The summed E-state index contributed by atoms with van der Waals surface area (Å²) >= 11 is 0. The molecule has 1 fully saturated rings. The van der Waals surface area contributed by atoms with Crippen molar-refractivity contribution in [2.24, 2.45) is 14.1 Å². The van der Waals surface area contributed by atoms with Crippen molar-refractivity contribution < 1.29 is 19.5 Å². The summed E-state index contributed by atoms with van der Waals surface area (Å²) in [6.07, 6.45) is 0.814. The molecule has 2 heterocycles. The van der Waals surface area contributed by atoms with E-state index >= 15 is 0 Å². The molecule has 0 unspecified atom stereocenters. The van der Waals surface area contributed by atoms with E-state index < -0.39 is 46.1 Å². The van der Waals surface area contributed by atoms with E-state index in [2.05, 4.69) is 0 Å². The highest BCUT2D eigenvalue weighted by molar-refractivity contribution is 6.31. The lowest BCUT2D eigenvalue weighted by Crippen LogP contribution is -2.51. The molecule has 10 heteroatoms. The van der Waals surface area contributed by atoms with Crippen LogP contribution < -0.4 is 21.9 Å². The summed E-state index contributed by atoms with van der Waals surface area (Å²) in [5.74, 6) is -2.73. The molecule has 1 saturated heterocycles. The molecule has 110 valence electrons. The van der Waals surface area contributed by atoms with Crippen molar-refractivity contribution in [1.29, 1.82) is 0 Å². The molecule has 1 aliphatic heterocycles. The van der Waals surface area contributed by atoms with Crippen LogP contribution in [0.5, 0.6) is 5.88 Å². The Hall–Kier alpha value is -3.17. The average molecular weight is 294 g/mol. The van der Waals surface area contributed by atoms with E-state index in [1.165, 1.54) is 14.1 Å². The molecule has 10 nitrogen and oxygen atoms in total. The van der Waals surface area contributed by atoms with E-state index in [0.717, 1.165) is 10.6 Å². The Balaban J connectivity index is 2.69. The molecule has 0 radical (unpaired) electrons. The number of imide groups is 2. The molecule has 2 rings (SSSR count). The third kappa shape index (κ3) is 2.22. The first-order valence-corrected chi connectivity index (χ1v) is 5.61. The van der Waals surface area contributed by atoms with Crippen LogP contribution in [0.25, 0.3) is 6.08 Å². The molecule has 0 atom stereocenters. The fraction of sp³-hybridized carbons (Fsp3) is 0.182. The molecule has 1 aromatic rings. The Morgan fingerprint density at radius 2 is 1.48 bits per heavy atom. The molecule has 0 aromatic carbocycles. The highest BCUT2D eigenvalue weighted by Crippen LogP contribution is 2.14. The quantitative estimate of drug-likeness (QED) is 0.387. The fourth-order valence-electron chi connectivity index (χ4n) is 1.74. The van der Waals surface area contributed by atoms with Crippen LogP contribution in [-0.2, 0) is 23.7 Å². The molecule has 0 aliphatic carbocycles. The summed E-state index contributed by atoms with van der Waals surface area (Å²) in [4.78, 5) is 57.5. The van der Waals surface area contributed by atoms with E-state index in [1.807, 2.05) is 10.6 Å². The van der Waals surface area contributed by atoms with Gasteiger partial charge in [-0.15, -0.1) is 0 Å². The monoisotopic (exact) mass is 294 g/mol. The first-order valence-electron chi connectivity index (χ1n) is 5.61. The highest BCUT2D eigenvalue weighted by atomic mass is 16.3. The summed E-state index contributed by atoms with van der Waals surface area (Å²) in [6.45, 7) is 0. The Bertz CT molecular complexity index is 806. The van der Waals surface area contributed by atoms with Gasteiger partial charge in [-0.25, -0.2) is 9.59 Å². The Morgan fingerprint density at radius 3 is 2.00 bits per heavy atom. The van der Waals surface area contributed by atoms with Crippen LogP contribution in [0.15, 0.2) is 15.2 Å². The summed E-state index contributed by atoms with van der Waals surface area (Å²) in [7, 11) is 2.39. The lowest BCUT2D eigenvalue weighted by Gasteiger charge is -2.14. The minimum absolute atomic E-state index is 0.422. The Kier molecular flexibility index (Phi) is 3.21. The van der Waals surface area contributed by atoms with E-state index in [0.29, 0.717) is 4.57 Å². The van der Waals surface area contributed by atoms with Gasteiger partial charge in [0.2, 0.25) is 5.88 Å². The minimum Gasteiger partial charge on any atom is -0.494 e. The number of barbiturate groups is 1. The molecule has 0 spiro atoms. The summed E-state index contributed by atoms with van der Waals surface area (Å²) in [6, 6.07) is -0.986. The summed E-state index contributed by atoms with van der Waals surface area (Å²) in [5, 5.41) is 13.5. The van der Waals surface area contributed by atoms with Gasteiger partial charge >= 0.3 is 11.7 Å². The Morgan fingerprint density at radius 1 is 0.952 bits per heavy atom. The van der Waals surface area contributed by atoms with E-state index in [9.17, 15) is 29.1 Å². The molecule has 4 amide bonds. The Labute approximate surface area is 116 Å². The van der Waals surface area contributed by atoms with Crippen molar-refractivity contribution in [2.45, 2.75) is 0 Å². The number of rotatable bonds is 1.